The van der Waals surface area contributed by atoms with Crippen molar-refractivity contribution in [3.63, 3.8) is 0 Å². The molecule has 0 aliphatic heterocycles. The third-order valence-corrected chi connectivity index (χ3v) is 3.20. The topological polar surface area (TPSA) is 75.4 Å². The van der Waals surface area contributed by atoms with E-state index < -0.39 is 16.4 Å². The second-order valence-corrected chi connectivity index (χ2v) is 4.59. The SMILES string of the molecule is CCC(Nc1ccc(F)c([N+](=O)[O-])c1)c1ccccc1O. The van der Waals surface area contributed by atoms with Crippen LogP contribution >= 0.6 is 0 Å². The maximum absolute atomic E-state index is 13.3. The zero-order valence-electron chi connectivity index (χ0n) is 11.4. The van der Waals surface area contributed by atoms with Gasteiger partial charge in [0.05, 0.1) is 11.0 Å². The Balaban J connectivity index is 2.29. The van der Waals surface area contributed by atoms with Crippen LogP contribution in [0.5, 0.6) is 5.75 Å². The molecule has 0 saturated carbocycles. The lowest BCUT2D eigenvalue weighted by Crippen LogP contribution is -2.10. The van der Waals surface area contributed by atoms with Gasteiger partial charge in [-0.25, -0.2) is 0 Å². The van der Waals surface area contributed by atoms with E-state index in [9.17, 15) is 19.6 Å². The summed E-state index contributed by atoms with van der Waals surface area (Å²) in [5.74, 6) is -0.727. The molecule has 1 atom stereocenters. The number of nitrogens with one attached hydrogen (secondary N) is 1. The number of phenols is 1. The van der Waals surface area contributed by atoms with Crippen molar-refractivity contribution < 1.29 is 14.4 Å². The van der Waals surface area contributed by atoms with Crippen molar-refractivity contribution in [2.75, 3.05) is 5.32 Å². The lowest BCUT2D eigenvalue weighted by atomic mass is 10.0. The molecule has 0 bridgehead atoms. The number of halogens is 1. The minimum atomic E-state index is -0.874. The van der Waals surface area contributed by atoms with E-state index in [0.717, 1.165) is 12.1 Å². The summed E-state index contributed by atoms with van der Waals surface area (Å²) >= 11 is 0. The Bertz CT molecular complexity index is 661. The van der Waals surface area contributed by atoms with Gasteiger partial charge in [-0.2, -0.15) is 4.39 Å². The molecule has 0 heterocycles. The zero-order chi connectivity index (χ0) is 15.4. The minimum Gasteiger partial charge on any atom is -0.508 e. The Morgan fingerprint density at radius 2 is 2.05 bits per heavy atom. The second kappa shape index (κ2) is 6.21. The van der Waals surface area contributed by atoms with Crippen LogP contribution in [-0.2, 0) is 0 Å². The van der Waals surface area contributed by atoms with E-state index in [1.807, 2.05) is 6.92 Å². The fourth-order valence-corrected chi connectivity index (χ4v) is 2.13. The van der Waals surface area contributed by atoms with Gasteiger partial charge in [0, 0.05) is 17.3 Å². The van der Waals surface area contributed by atoms with E-state index >= 15 is 0 Å². The first-order valence-electron chi connectivity index (χ1n) is 6.51. The molecule has 0 aromatic heterocycles. The largest absolute Gasteiger partial charge is 0.508 e. The van der Waals surface area contributed by atoms with Gasteiger partial charge in [0.25, 0.3) is 0 Å². The van der Waals surface area contributed by atoms with E-state index in [2.05, 4.69) is 5.32 Å². The molecule has 0 radical (unpaired) electrons. The van der Waals surface area contributed by atoms with Gasteiger partial charge in [-0.3, -0.25) is 10.1 Å². The summed E-state index contributed by atoms with van der Waals surface area (Å²) in [6.07, 6.45) is 0.656. The highest BCUT2D eigenvalue weighted by Crippen LogP contribution is 2.30. The number of phenolic OH excluding ortho intramolecular Hbond substituents is 1. The van der Waals surface area contributed by atoms with E-state index in [4.69, 9.17) is 0 Å². The average molecular weight is 290 g/mol. The van der Waals surface area contributed by atoms with Crippen molar-refractivity contribution in [1.29, 1.82) is 0 Å². The number of anilines is 1. The van der Waals surface area contributed by atoms with Crippen LogP contribution in [0.4, 0.5) is 15.8 Å². The fraction of sp³-hybridized carbons (Fsp3) is 0.200. The normalized spacial score (nSPS) is 11.9. The Morgan fingerprint density at radius 3 is 2.67 bits per heavy atom. The van der Waals surface area contributed by atoms with Crippen LogP contribution in [0.2, 0.25) is 0 Å². The van der Waals surface area contributed by atoms with Crippen molar-refractivity contribution in [2.45, 2.75) is 19.4 Å². The summed E-state index contributed by atoms with van der Waals surface area (Å²) < 4.78 is 13.3. The second-order valence-electron chi connectivity index (χ2n) is 4.59. The average Bonchev–Trinajstić information content (AvgIpc) is 2.47. The van der Waals surface area contributed by atoms with Gasteiger partial charge >= 0.3 is 5.69 Å². The number of aromatic hydroxyl groups is 1. The van der Waals surface area contributed by atoms with Crippen LogP contribution < -0.4 is 5.32 Å². The standard InChI is InChI=1S/C15H15FN2O3/c1-2-13(11-5-3-4-6-15(11)19)17-10-7-8-12(16)14(9-10)18(20)21/h3-9,13,17,19H,2H2,1H3. The van der Waals surface area contributed by atoms with Crippen LogP contribution in [-0.4, -0.2) is 10.0 Å². The van der Waals surface area contributed by atoms with Gasteiger partial charge in [-0.05, 0) is 24.6 Å². The Kier molecular flexibility index (Phi) is 4.37. The summed E-state index contributed by atoms with van der Waals surface area (Å²) in [5.41, 5.74) is 0.539. The lowest BCUT2D eigenvalue weighted by Gasteiger charge is -2.19. The molecular weight excluding hydrogens is 275 g/mol. The van der Waals surface area contributed by atoms with Gasteiger partial charge in [0.2, 0.25) is 5.82 Å². The third-order valence-electron chi connectivity index (χ3n) is 3.20. The van der Waals surface area contributed by atoms with Gasteiger partial charge < -0.3 is 10.4 Å². The summed E-state index contributed by atoms with van der Waals surface area (Å²) in [4.78, 5) is 9.99. The van der Waals surface area contributed by atoms with Crippen molar-refractivity contribution in [3.8, 4) is 5.75 Å². The molecule has 0 saturated heterocycles. The monoisotopic (exact) mass is 290 g/mol. The van der Waals surface area contributed by atoms with Crippen LogP contribution in [0, 0.1) is 15.9 Å². The Hall–Kier alpha value is -2.63. The molecule has 1 unspecified atom stereocenters. The lowest BCUT2D eigenvalue weighted by molar-refractivity contribution is -0.387. The fourth-order valence-electron chi connectivity index (χ4n) is 2.13. The van der Waals surface area contributed by atoms with Crippen LogP contribution in [0.15, 0.2) is 42.5 Å². The van der Waals surface area contributed by atoms with E-state index in [-0.39, 0.29) is 11.8 Å². The van der Waals surface area contributed by atoms with Crippen LogP contribution in [0.1, 0.15) is 24.9 Å². The smallest absolute Gasteiger partial charge is 0.306 e. The quantitative estimate of drug-likeness (QED) is 0.644. The van der Waals surface area contributed by atoms with E-state index in [1.165, 1.54) is 6.07 Å². The van der Waals surface area contributed by atoms with Crippen LogP contribution in [0.3, 0.4) is 0 Å². The van der Waals surface area contributed by atoms with Gasteiger partial charge in [0.15, 0.2) is 0 Å². The third kappa shape index (κ3) is 3.28. The Morgan fingerprint density at radius 1 is 1.33 bits per heavy atom. The number of hydrogen-bond acceptors (Lipinski definition) is 4. The molecule has 110 valence electrons. The van der Waals surface area contributed by atoms with Crippen molar-refractivity contribution in [3.05, 3.63) is 64.0 Å². The first-order valence-corrected chi connectivity index (χ1v) is 6.51. The van der Waals surface area contributed by atoms with E-state index in [0.29, 0.717) is 17.7 Å². The summed E-state index contributed by atoms with van der Waals surface area (Å²) in [7, 11) is 0. The summed E-state index contributed by atoms with van der Waals surface area (Å²) in [5, 5.41) is 23.7. The minimum absolute atomic E-state index is 0.147. The molecule has 0 amide bonds. The highest BCUT2D eigenvalue weighted by Gasteiger charge is 2.17. The summed E-state index contributed by atoms with van der Waals surface area (Å²) in [6.45, 7) is 1.92. The zero-order valence-corrected chi connectivity index (χ0v) is 11.4. The van der Waals surface area contributed by atoms with Crippen molar-refractivity contribution >= 4 is 11.4 Å². The van der Waals surface area contributed by atoms with Crippen LogP contribution in [0.25, 0.3) is 0 Å². The molecule has 0 fully saturated rings. The number of hydrogen-bond donors (Lipinski definition) is 2. The first kappa shape index (κ1) is 14.8. The predicted octanol–water partition coefficient (Wildman–Crippen LogP) is 4.00. The molecule has 5 nitrogen and oxygen atoms in total. The van der Waals surface area contributed by atoms with E-state index in [1.54, 1.807) is 24.3 Å². The summed E-state index contributed by atoms with van der Waals surface area (Å²) in [6, 6.07) is 10.3. The number of nitro groups is 1. The molecule has 2 aromatic rings. The molecule has 6 heteroatoms. The molecule has 0 aliphatic carbocycles. The maximum atomic E-state index is 13.3. The Labute approximate surface area is 121 Å². The number of benzene rings is 2. The molecule has 21 heavy (non-hydrogen) atoms. The molecular formula is C15H15FN2O3. The molecule has 2 N–H and O–H groups in total. The number of nitro benzene ring substituents is 1. The highest BCUT2D eigenvalue weighted by atomic mass is 19.1. The molecule has 0 aliphatic rings. The highest BCUT2D eigenvalue weighted by molar-refractivity contribution is 5.53. The van der Waals surface area contributed by atoms with Gasteiger partial charge in [0.1, 0.15) is 5.75 Å². The molecule has 2 rings (SSSR count). The number of rotatable bonds is 5. The van der Waals surface area contributed by atoms with Gasteiger partial charge in [-0.15, -0.1) is 0 Å². The van der Waals surface area contributed by atoms with Crippen molar-refractivity contribution in [2.24, 2.45) is 0 Å². The number of nitrogens with zero attached hydrogens (tertiary/aromatic N) is 1. The van der Waals surface area contributed by atoms with Gasteiger partial charge in [-0.1, -0.05) is 25.1 Å². The maximum Gasteiger partial charge on any atom is 0.306 e. The molecule has 2 aromatic carbocycles. The molecule has 0 spiro atoms. The predicted molar refractivity (Wildman–Crippen MR) is 77.8 cm³/mol. The first-order chi connectivity index (χ1) is 10.0. The number of para-hydroxylation sites is 1. The van der Waals surface area contributed by atoms with Crippen molar-refractivity contribution in [1.82, 2.24) is 0 Å².